The summed E-state index contributed by atoms with van der Waals surface area (Å²) in [6.07, 6.45) is 3.15. The van der Waals surface area contributed by atoms with E-state index in [1.807, 2.05) is 23.9 Å². The average molecular weight is 392 g/mol. The molecule has 1 fully saturated rings. The topological polar surface area (TPSA) is 69.7 Å². The second-order valence-electron chi connectivity index (χ2n) is 6.11. The number of rotatable bonds is 5. The van der Waals surface area contributed by atoms with Crippen LogP contribution in [0.5, 0.6) is 0 Å². The van der Waals surface area contributed by atoms with Gasteiger partial charge in [0, 0.05) is 37.9 Å². The Bertz CT molecular complexity index is 884. The van der Waals surface area contributed by atoms with Gasteiger partial charge in [0.25, 0.3) is 0 Å². The summed E-state index contributed by atoms with van der Waals surface area (Å²) in [4.78, 5) is 14.3. The molecule has 0 radical (unpaired) electrons. The maximum absolute atomic E-state index is 12.8. The van der Waals surface area contributed by atoms with Gasteiger partial charge in [0.05, 0.1) is 4.90 Å². The zero-order chi connectivity index (χ0) is 18.6. The van der Waals surface area contributed by atoms with Crippen molar-refractivity contribution in [2.24, 2.45) is 0 Å². The van der Waals surface area contributed by atoms with Crippen molar-refractivity contribution in [3.8, 4) is 0 Å². The van der Waals surface area contributed by atoms with Gasteiger partial charge in [-0.15, -0.1) is 0 Å². The first-order chi connectivity index (χ1) is 12.4. The van der Waals surface area contributed by atoms with Gasteiger partial charge in [0.1, 0.15) is 0 Å². The normalized spacial score (nSPS) is 16.8. The van der Waals surface area contributed by atoms with Crippen LogP contribution >= 0.6 is 11.3 Å². The number of hydrogen-bond donors (Lipinski definition) is 1. The molecular weight excluding hydrogens is 370 g/mol. The second-order valence-corrected chi connectivity index (χ2v) is 8.83. The predicted octanol–water partition coefficient (Wildman–Crippen LogP) is 2.34. The lowest BCUT2D eigenvalue weighted by molar-refractivity contribution is -0.111. The molecule has 2 heterocycles. The van der Waals surface area contributed by atoms with Crippen molar-refractivity contribution in [3.63, 3.8) is 0 Å². The first-order valence-corrected chi connectivity index (χ1v) is 10.6. The molecule has 3 rings (SSSR count). The number of nitrogens with zero attached hydrogens (tertiary/aromatic N) is 2. The Hall–Kier alpha value is -2.00. The van der Waals surface area contributed by atoms with Gasteiger partial charge in [0.15, 0.2) is 0 Å². The lowest BCUT2D eigenvalue weighted by atomic mass is 10.3. The molecular formula is C18H21N3O3S2. The van der Waals surface area contributed by atoms with E-state index in [1.165, 1.54) is 16.4 Å². The minimum Gasteiger partial charge on any atom is -0.322 e. The summed E-state index contributed by atoms with van der Waals surface area (Å²) >= 11 is 1.56. The molecule has 1 aliphatic heterocycles. The fourth-order valence-corrected chi connectivity index (χ4v) is 4.73. The van der Waals surface area contributed by atoms with Crippen molar-refractivity contribution in [2.75, 3.05) is 38.5 Å². The Morgan fingerprint density at radius 1 is 1.19 bits per heavy atom. The lowest BCUT2D eigenvalue weighted by Gasteiger charge is -2.31. The highest BCUT2D eigenvalue weighted by molar-refractivity contribution is 7.89. The molecule has 0 aliphatic carbocycles. The van der Waals surface area contributed by atoms with Gasteiger partial charge in [-0.25, -0.2) is 8.42 Å². The van der Waals surface area contributed by atoms with Crippen molar-refractivity contribution < 1.29 is 13.2 Å². The number of sulfonamides is 1. The van der Waals surface area contributed by atoms with Crippen molar-refractivity contribution in [1.82, 2.24) is 9.21 Å². The molecule has 26 heavy (non-hydrogen) atoms. The van der Waals surface area contributed by atoms with Gasteiger partial charge in [-0.1, -0.05) is 6.07 Å². The van der Waals surface area contributed by atoms with Crippen molar-refractivity contribution >= 4 is 39.0 Å². The number of anilines is 1. The maximum atomic E-state index is 12.8. The maximum Gasteiger partial charge on any atom is 0.248 e. The monoisotopic (exact) mass is 391 g/mol. The van der Waals surface area contributed by atoms with E-state index in [2.05, 4.69) is 10.2 Å². The van der Waals surface area contributed by atoms with E-state index in [1.54, 1.807) is 35.6 Å². The van der Waals surface area contributed by atoms with Crippen LogP contribution in [0.15, 0.2) is 52.1 Å². The van der Waals surface area contributed by atoms with Crippen molar-refractivity contribution in [3.05, 3.63) is 52.7 Å². The molecule has 1 aromatic carbocycles. The van der Waals surface area contributed by atoms with Gasteiger partial charge in [-0.2, -0.15) is 15.6 Å². The Morgan fingerprint density at radius 3 is 2.65 bits per heavy atom. The number of amides is 1. The number of piperazine rings is 1. The zero-order valence-corrected chi connectivity index (χ0v) is 16.1. The van der Waals surface area contributed by atoms with Gasteiger partial charge >= 0.3 is 0 Å². The van der Waals surface area contributed by atoms with E-state index in [-0.39, 0.29) is 10.8 Å². The number of nitrogens with one attached hydrogen (secondary N) is 1. The van der Waals surface area contributed by atoms with Gasteiger partial charge < -0.3 is 10.2 Å². The molecule has 0 bridgehead atoms. The van der Waals surface area contributed by atoms with Gasteiger partial charge in [0.2, 0.25) is 15.9 Å². The second kappa shape index (κ2) is 8.13. The zero-order valence-electron chi connectivity index (χ0n) is 14.5. The number of carbonyl (C=O) groups excluding carboxylic acids is 1. The van der Waals surface area contributed by atoms with E-state index in [9.17, 15) is 13.2 Å². The predicted molar refractivity (Wildman–Crippen MR) is 105 cm³/mol. The molecule has 138 valence electrons. The Morgan fingerprint density at radius 2 is 1.96 bits per heavy atom. The summed E-state index contributed by atoms with van der Waals surface area (Å²) in [6.45, 7) is 2.36. The fourth-order valence-electron chi connectivity index (χ4n) is 2.64. The molecule has 2 aromatic rings. The average Bonchev–Trinajstić information content (AvgIpc) is 3.14. The highest BCUT2D eigenvalue weighted by atomic mass is 32.2. The van der Waals surface area contributed by atoms with Crippen LogP contribution in [0, 0.1) is 0 Å². The fraction of sp³-hybridized carbons (Fsp3) is 0.278. The molecule has 1 aliphatic rings. The molecule has 0 unspecified atom stereocenters. The third-order valence-electron chi connectivity index (χ3n) is 4.17. The van der Waals surface area contributed by atoms with Crippen LogP contribution in [0.4, 0.5) is 5.69 Å². The summed E-state index contributed by atoms with van der Waals surface area (Å²) in [6, 6.07) is 8.30. The summed E-state index contributed by atoms with van der Waals surface area (Å²) < 4.78 is 27.1. The summed E-state index contributed by atoms with van der Waals surface area (Å²) in [5, 5.41) is 6.59. The quantitative estimate of drug-likeness (QED) is 0.795. The van der Waals surface area contributed by atoms with E-state index in [0.29, 0.717) is 31.9 Å². The van der Waals surface area contributed by atoms with Crippen LogP contribution in [0.3, 0.4) is 0 Å². The Labute approximate surface area is 157 Å². The molecule has 1 saturated heterocycles. The van der Waals surface area contributed by atoms with E-state index in [4.69, 9.17) is 0 Å². The van der Waals surface area contributed by atoms with Crippen LogP contribution in [-0.4, -0.2) is 56.8 Å². The molecule has 0 saturated carbocycles. The molecule has 0 spiro atoms. The van der Waals surface area contributed by atoms with E-state index >= 15 is 0 Å². The lowest BCUT2D eigenvalue weighted by Crippen LogP contribution is -2.47. The highest BCUT2D eigenvalue weighted by Gasteiger charge is 2.27. The van der Waals surface area contributed by atoms with E-state index in [0.717, 1.165) is 5.56 Å². The molecule has 1 amide bonds. The summed E-state index contributed by atoms with van der Waals surface area (Å²) in [5.41, 5.74) is 1.41. The van der Waals surface area contributed by atoms with Crippen LogP contribution in [-0.2, 0) is 14.8 Å². The largest absolute Gasteiger partial charge is 0.322 e. The Kier molecular flexibility index (Phi) is 5.87. The van der Waals surface area contributed by atoms with Crippen molar-refractivity contribution in [1.29, 1.82) is 0 Å². The standard InChI is InChI=1S/C18H21N3O3S2/c1-20-8-10-21(11-9-20)26(23,24)17-4-2-3-16(13-17)19-18(22)6-5-15-7-12-25-14-15/h2-7,12-14H,8-11H2,1H3,(H,19,22)/b6-5+. The minimum absolute atomic E-state index is 0.196. The number of thiophene rings is 1. The number of hydrogen-bond acceptors (Lipinski definition) is 5. The molecule has 0 atom stereocenters. The Balaban J connectivity index is 1.70. The molecule has 6 nitrogen and oxygen atoms in total. The smallest absolute Gasteiger partial charge is 0.248 e. The molecule has 1 aromatic heterocycles. The highest BCUT2D eigenvalue weighted by Crippen LogP contribution is 2.21. The van der Waals surface area contributed by atoms with Crippen LogP contribution in [0.1, 0.15) is 5.56 Å². The number of carbonyl (C=O) groups is 1. The van der Waals surface area contributed by atoms with E-state index < -0.39 is 10.0 Å². The first kappa shape index (κ1) is 18.8. The van der Waals surface area contributed by atoms with Crippen LogP contribution in [0.25, 0.3) is 6.08 Å². The molecule has 8 heteroatoms. The number of likely N-dealkylation sites (N-methyl/N-ethyl adjacent to an activating group) is 1. The number of benzene rings is 1. The molecule has 1 N–H and O–H groups in total. The summed E-state index contributed by atoms with van der Waals surface area (Å²) in [5.74, 6) is -0.301. The third kappa shape index (κ3) is 4.59. The third-order valence-corrected chi connectivity index (χ3v) is 6.77. The van der Waals surface area contributed by atoms with Crippen LogP contribution < -0.4 is 5.32 Å². The van der Waals surface area contributed by atoms with Gasteiger partial charge in [-0.3, -0.25) is 4.79 Å². The first-order valence-electron chi connectivity index (χ1n) is 8.25. The van der Waals surface area contributed by atoms with Crippen molar-refractivity contribution in [2.45, 2.75) is 4.90 Å². The summed E-state index contributed by atoms with van der Waals surface area (Å²) in [7, 11) is -1.58. The van der Waals surface area contributed by atoms with Gasteiger partial charge in [-0.05, 0) is 53.7 Å². The SMILES string of the molecule is CN1CCN(S(=O)(=O)c2cccc(NC(=O)/C=C/c3ccsc3)c2)CC1. The van der Waals surface area contributed by atoms with Crippen LogP contribution in [0.2, 0.25) is 0 Å². The minimum atomic E-state index is -3.55.